The molecule has 0 spiro atoms. The number of carboxylic acids is 1. The van der Waals surface area contributed by atoms with Gasteiger partial charge in [-0.1, -0.05) is 18.2 Å². The molecule has 3 atom stereocenters. The second-order valence-electron chi connectivity index (χ2n) is 8.00. The number of unbranched alkanes of at least 4 members (excludes halogenated alkanes) is 1. The summed E-state index contributed by atoms with van der Waals surface area (Å²) >= 11 is 0. The lowest BCUT2D eigenvalue weighted by Crippen LogP contribution is -2.29. The molecule has 1 fully saturated rings. The molecule has 4 rings (SSSR count). The second kappa shape index (κ2) is 9.58. The highest BCUT2D eigenvalue weighted by Crippen LogP contribution is 2.47. The van der Waals surface area contributed by atoms with Crippen LogP contribution in [0.3, 0.4) is 0 Å². The van der Waals surface area contributed by atoms with Crippen LogP contribution < -0.4 is 14.2 Å². The molecular weight excluding hydrogens is 398 g/mol. The summed E-state index contributed by atoms with van der Waals surface area (Å²) in [6.45, 7) is 2.38. The summed E-state index contributed by atoms with van der Waals surface area (Å²) in [7, 11) is 3.33. The van der Waals surface area contributed by atoms with E-state index in [-0.39, 0.29) is 18.8 Å². The van der Waals surface area contributed by atoms with Crippen molar-refractivity contribution in [3.8, 4) is 17.2 Å². The van der Waals surface area contributed by atoms with Crippen molar-refractivity contribution in [3.63, 3.8) is 0 Å². The fourth-order valence-electron chi connectivity index (χ4n) is 4.70. The topological polar surface area (TPSA) is 77.5 Å². The predicted molar refractivity (Wildman–Crippen MR) is 115 cm³/mol. The molecule has 166 valence electrons. The molecule has 0 radical (unpaired) electrons. The van der Waals surface area contributed by atoms with E-state index in [1.165, 1.54) is 0 Å². The highest BCUT2D eigenvalue weighted by Gasteiger charge is 2.47. The van der Waals surface area contributed by atoms with Crippen molar-refractivity contribution in [1.29, 1.82) is 0 Å². The molecule has 0 aromatic heterocycles. The summed E-state index contributed by atoms with van der Waals surface area (Å²) in [4.78, 5) is 14.8. The Labute approximate surface area is 182 Å². The van der Waals surface area contributed by atoms with E-state index < -0.39 is 11.9 Å². The van der Waals surface area contributed by atoms with Crippen LogP contribution in [0.15, 0.2) is 42.5 Å². The van der Waals surface area contributed by atoms with E-state index in [4.69, 9.17) is 18.9 Å². The van der Waals surface area contributed by atoms with Crippen LogP contribution >= 0.6 is 0 Å². The van der Waals surface area contributed by atoms with Crippen LogP contribution in [0.2, 0.25) is 0 Å². The number of methoxy groups -OCH3 is 2. The maximum atomic E-state index is 12.5. The maximum Gasteiger partial charge on any atom is 0.309 e. The summed E-state index contributed by atoms with van der Waals surface area (Å²) in [5.41, 5.74) is 1.96. The zero-order valence-electron chi connectivity index (χ0n) is 18.0. The second-order valence-corrected chi connectivity index (χ2v) is 8.00. The summed E-state index contributed by atoms with van der Waals surface area (Å²) in [5, 5.41) is 10.3. The lowest BCUT2D eigenvalue weighted by molar-refractivity contribution is -0.143. The lowest BCUT2D eigenvalue weighted by Gasteiger charge is -2.27. The number of hydrogen-bond donors (Lipinski definition) is 1. The molecule has 2 aliphatic rings. The first-order valence-electron chi connectivity index (χ1n) is 10.6. The number of likely N-dealkylation sites (tertiary alicyclic amines) is 1. The van der Waals surface area contributed by atoms with Crippen molar-refractivity contribution in [2.45, 2.75) is 24.8 Å². The molecule has 1 saturated heterocycles. The summed E-state index contributed by atoms with van der Waals surface area (Å²) in [6.07, 6.45) is 1.88. The van der Waals surface area contributed by atoms with Crippen molar-refractivity contribution >= 4 is 5.97 Å². The number of fused-ring (bicyclic) bond motifs is 1. The van der Waals surface area contributed by atoms with Crippen LogP contribution in [0, 0.1) is 5.92 Å². The van der Waals surface area contributed by atoms with Crippen molar-refractivity contribution < 1.29 is 28.8 Å². The average Bonchev–Trinajstić information content (AvgIpc) is 3.41. The quantitative estimate of drug-likeness (QED) is 0.612. The third-order valence-electron chi connectivity index (χ3n) is 6.21. The molecule has 2 aromatic carbocycles. The highest BCUT2D eigenvalue weighted by atomic mass is 16.7. The number of rotatable bonds is 9. The molecule has 2 aromatic rings. The van der Waals surface area contributed by atoms with E-state index in [2.05, 4.69) is 4.90 Å². The maximum absolute atomic E-state index is 12.5. The number of nitrogens with zero attached hydrogens (tertiary/aromatic N) is 1. The molecule has 2 aliphatic heterocycles. The molecule has 0 amide bonds. The van der Waals surface area contributed by atoms with Crippen LogP contribution in [0.1, 0.15) is 35.9 Å². The fourth-order valence-corrected chi connectivity index (χ4v) is 4.70. The first-order valence-corrected chi connectivity index (χ1v) is 10.6. The molecule has 31 heavy (non-hydrogen) atoms. The Kier molecular flexibility index (Phi) is 6.63. The minimum atomic E-state index is -0.789. The molecule has 0 bridgehead atoms. The minimum Gasteiger partial charge on any atom is -0.497 e. The van der Waals surface area contributed by atoms with Crippen LogP contribution in [0.25, 0.3) is 0 Å². The highest BCUT2D eigenvalue weighted by molar-refractivity contribution is 5.74. The average molecular weight is 427 g/mol. The number of benzene rings is 2. The van der Waals surface area contributed by atoms with E-state index in [0.29, 0.717) is 24.7 Å². The molecule has 0 saturated carbocycles. The minimum absolute atomic E-state index is 0.151. The molecule has 7 nitrogen and oxygen atoms in total. The van der Waals surface area contributed by atoms with Gasteiger partial charge in [-0.05, 0) is 54.8 Å². The van der Waals surface area contributed by atoms with E-state index in [9.17, 15) is 9.90 Å². The first-order chi connectivity index (χ1) is 15.1. The zero-order valence-corrected chi connectivity index (χ0v) is 18.0. The van der Waals surface area contributed by atoms with Gasteiger partial charge in [0, 0.05) is 32.2 Å². The third-order valence-corrected chi connectivity index (χ3v) is 6.21. The Balaban J connectivity index is 1.66. The van der Waals surface area contributed by atoms with Gasteiger partial charge in [-0.3, -0.25) is 9.69 Å². The molecular formula is C24H29NO6. The molecule has 1 N–H and O–H groups in total. The number of hydrogen-bond acceptors (Lipinski definition) is 6. The number of carboxylic acid groups (broad SMARTS) is 1. The van der Waals surface area contributed by atoms with Crippen molar-refractivity contribution in [3.05, 3.63) is 53.6 Å². The van der Waals surface area contributed by atoms with Crippen LogP contribution in [-0.4, -0.2) is 56.7 Å². The summed E-state index contributed by atoms with van der Waals surface area (Å²) in [6, 6.07) is 13.3. The monoisotopic (exact) mass is 427 g/mol. The number of carbonyl (C=O) groups is 1. The number of aliphatic carboxylic acids is 1. The predicted octanol–water partition coefficient (Wildman–Crippen LogP) is 3.69. The molecule has 0 aliphatic carbocycles. The molecule has 0 unspecified atom stereocenters. The zero-order chi connectivity index (χ0) is 21.8. The molecule has 7 heteroatoms. The van der Waals surface area contributed by atoms with Gasteiger partial charge in [0.05, 0.1) is 13.0 Å². The van der Waals surface area contributed by atoms with E-state index in [0.717, 1.165) is 36.3 Å². The Morgan fingerprint density at radius 3 is 2.52 bits per heavy atom. The smallest absolute Gasteiger partial charge is 0.309 e. The number of ether oxygens (including phenoxy) is 4. The standard InChI is InChI=1S/C24H29NO6/c1-28-12-4-3-11-25-14-19(17-7-10-20-21(13-17)31-15-30-20)22(24(26)27)23(25)16-5-8-18(29-2)9-6-16/h5-10,13,19,22-23H,3-4,11-12,14-15H2,1-2H3,(H,26,27)/t19-,22+,23-/m1/s1. The third kappa shape index (κ3) is 4.48. The van der Waals surface area contributed by atoms with E-state index in [1.807, 2.05) is 42.5 Å². The largest absolute Gasteiger partial charge is 0.497 e. The SMILES string of the molecule is COCCCCN1C[C@H](c2ccc3c(c2)OCO3)[C@H](C(=O)O)[C@H]1c1ccc(OC)cc1. The van der Waals surface area contributed by atoms with Gasteiger partial charge in [-0.25, -0.2) is 0 Å². The molecule has 2 heterocycles. The van der Waals surface area contributed by atoms with Crippen LogP contribution in [-0.2, 0) is 9.53 Å². The van der Waals surface area contributed by atoms with Crippen LogP contribution in [0.4, 0.5) is 0 Å². The Hall–Kier alpha value is -2.77. The van der Waals surface area contributed by atoms with E-state index in [1.54, 1.807) is 14.2 Å². The van der Waals surface area contributed by atoms with Gasteiger partial charge in [0.2, 0.25) is 6.79 Å². The van der Waals surface area contributed by atoms with Crippen molar-refractivity contribution in [2.75, 3.05) is 40.7 Å². The van der Waals surface area contributed by atoms with Gasteiger partial charge >= 0.3 is 5.97 Å². The van der Waals surface area contributed by atoms with Gasteiger partial charge in [-0.15, -0.1) is 0 Å². The fraction of sp³-hybridized carbons (Fsp3) is 0.458. The van der Waals surface area contributed by atoms with Crippen LogP contribution in [0.5, 0.6) is 17.2 Å². The van der Waals surface area contributed by atoms with Gasteiger partial charge in [-0.2, -0.15) is 0 Å². The Bertz CT molecular complexity index is 899. The first kappa shape index (κ1) is 21.5. The normalized spacial score (nSPS) is 22.6. The van der Waals surface area contributed by atoms with Crippen molar-refractivity contribution in [2.24, 2.45) is 5.92 Å². The summed E-state index contributed by atoms with van der Waals surface area (Å²) < 4.78 is 21.4. The summed E-state index contributed by atoms with van der Waals surface area (Å²) in [5.74, 6) is 0.631. The van der Waals surface area contributed by atoms with E-state index >= 15 is 0 Å². The van der Waals surface area contributed by atoms with Gasteiger partial charge in [0.1, 0.15) is 5.75 Å². The Morgan fingerprint density at radius 2 is 1.81 bits per heavy atom. The van der Waals surface area contributed by atoms with Gasteiger partial charge < -0.3 is 24.1 Å². The Morgan fingerprint density at radius 1 is 1.06 bits per heavy atom. The lowest BCUT2D eigenvalue weighted by atomic mass is 9.82. The van der Waals surface area contributed by atoms with Crippen molar-refractivity contribution in [1.82, 2.24) is 4.90 Å². The van der Waals surface area contributed by atoms with Gasteiger partial charge in [0.15, 0.2) is 11.5 Å². The van der Waals surface area contributed by atoms with Gasteiger partial charge in [0.25, 0.3) is 0 Å².